The van der Waals surface area contributed by atoms with Crippen LogP contribution in [0.5, 0.6) is 0 Å². The predicted octanol–water partition coefficient (Wildman–Crippen LogP) is 17.8. The third kappa shape index (κ3) is 49.3. The van der Waals surface area contributed by atoms with Gasteiger partial charge >= 0.3 is 17.9 Å². The van der Waals surface area contributed by atoms with E-state index in [4.69, 9.17) is 14.2 Å². The first-order valence-corrected chi connectivity index (χ1v) is 27.4. The summed E-state index contributed by atoms with van der Waals surface area (Å²) >= 11 is 0. The van der Waals surface area contributed by atoms with Crippen LogP contribution in [0.4, 0.5) is 0 Å². The zero-order valence-corrected chi connectivity index (χ0v) is 41.6. The fourth-order valence-electron chi connectivity index (χ4n) is 8.39. The van der Waals surface area contributed by atoms with Crippen molar-refractivity contribution in [2.75, 3.05) is 13.2 Å². The molecule has 0 saturated heterocycles. The summed E-state index contributed by atoms with van der Waals surface area (Å²) in [5.74, 6) is -0.0454. The van der Waals surface area contributed by atoms with Gasteiger partial charge in [0.25, 0.3) is 0 Å². The Morgan fingerprint density at radius 2 is 0.541 bits per heavy atom. The van der Waals surface area contributed by atoms with Crippen molar-refractivity contribution in [1.29, 1.82) is 0 Å². The van der Waals surface area contributed by atoms with Crippen LogP contribution < -0.4 is 0 Å². The minimum absolute atomic E-state index is 0.0627. The van der Waals surface area contributed by atoms with Gasteiger partial charge in [0, 0.05) is 19.3 Å². The molecule has 0 aromatic carbocycles. The maximum atomic E-state index is 12.8. The van der Waals surface area contributed by atoms with Crippen LogP contribution in [0.2, 0.25) is 0 Å². The zero-order chi connectivity index (χ0) is 44.5. The average Bonchev–Trinajstić information content (AvgIpc) is 3.24. The SMILES string of the molecule is CCCCCCCCCCCCCCCCCCCC(=O)O[C@H](COC(=O)CCCCCCCCCCCCCCCCC)COC(=O)CCCCCCCCCCC(C)C. The molecule has 0 saturated carbocycles. The number of esters is 3. The minimum atomic E-state index is -0.761. The molecule has 61 heavy (non-hydrogen) atoms. The third-order valence-electron chi connectivity index (χ3n) is 12.5. The molecule has 0 radical (unpaired) electrons. The summed E-state index contributed by atoms with van der Waals surface area (Å²) in [5.41, 5.74) is 0. The van der Waals surface area contributed by atoms with Crippen molar-refractivity contribution >= 4 is 17.9 Å². The number of hydrogen-bond acceptors (Lipinski definition) is 6. The van der Waals surface area contributed by atoms with E-state index < -0.39 is 6.10 Å². The van der Waals surface area contributed by atoms with Gasteiger partial charge in [0.05, 0.1) is 0 Å². The molecule has 0 unspecified atom stereocenters. The molecule has 362 valence electrons. The fraction of sp³-hybridized carbons (Fsp3) is 0.945. The maximum Gasteiger partial charge on any atom is 0.306 e. The Kier molecular flexibility index (Phi) is 48.1. The van der Waals surface area contributed by atoms with Crippen molar-refractivity contribution in [1.82, 2.24) is 0 Å². The first kappa shape index (κ1) is 59.4. The molecule has 6 heteroatoms. The van der Waals surface area contributed by atoms with E-state index in [0.717, 1.165) is 63.7 Å². The molecular formula is C55H106O6. The van der Waals surface area contributed by atoms with Gasteiger partial charge in [-0.15, -0.1) is 0 Å². The number of rotatable bonds is 50. The molecule has 0 aliphatic heterocycles. The second kappa shape index (κ2) is 49.4. The van der Waals surface area contributed by atoms with Crippen LogP contribution in [0.15, 0.2) is 0 Å². The molecule has 0 heterocycles. The van der Waals surface area contributed by atoms with Gasteiger partial charge in [0.1, 0.15) is 13.2 Å². The second-order valence-corrected chi connectivity index (χ2v) is 19.3. The summed E-state index contributed by atoms with van der Waals surface area (Å²) in [6.45, 7) is 9.01. The minimum Gasteiger partial charge on any atom is -0.462 e. The number of unbranched alkanes of at least 4 members (excludes halogenated alkanes) is 37. The van der Waals surface area contributed by atoms with E-state index in [9.17, 15) is 14.4 Å². The smallest absolute Gasteiger partial charge is 0.306 e. The van der Waals surface area contributed by atoms with E-state index in [2.05, 4.69) is 27.7 Å². The van der Waals surface area contributed by atoms with E-state index in [1.165, 1.54) is 205 Å². The third-order valence-corrected chi connectivity index (χ3v) is 12.5. The molecule has 0 bridgehead atoms. The Bertz CT molecular complexity index is 918. The maximum absolute atomic E-state index is 12.8. The van der Waals surface area contributed by atoms with Crippen LogP contribution in [0.25, 0.3) is 0 Å². The van der Waals surface area contributed by atoms with Gasteiger partial charge in [-0.05, 0) is 25.2 Å². The monoisotopic (exact) mass is 863 g/mol. The van der Waals surface area contributed by atoms with Crippen LogP contribution in [-0.4, -0.2) is 37.2 Å². The molecule has 0 aliphatic carbocycles. The molecule has 0 aromatic rings. The normalized spacial score (nSPS) is 12.0. The van der Waals surface area contributed by atoms with Gasteiger partial charge in [-0.25, -0.2) is 0 Å². The van der Waals surface area contributed by atoms with Crippen molar-refractivity contribution < 1.29 is 28.6 Å². The lowest BCUT2D eigenvalue weighted by molar-refractivity contribution is -0.167. The van der Waals surface area contributed by atoms with Crippen molar-refractivity contribution in [3.8, 4) is 0 Å². The molecular weight excluding hydrogens is 757 g/mol. The van der Waals surface area contributed by atoms with Crippen molar-refractivity contribution in [2.24, 2.45) is 5.92 Å². The number of ether oxygens (including phenoxy) is 3. The summed E-state index contributed by atoms with van der Waals surface area (Å²) in [5, 5.41) is 0. The Balaban J connectivity index is 4.28. The van der Waals surface area contributed by atoms with Gasteiger partial charge in [0.15, 0.2) is 6.10 Å². The van der Waals surface area contributed by atoms with E-state index in [-0.39, 0.29) is 31.1 Å². The zero-order valence-electron chi connectivity index (χ0n) is 41.6. The first-order chi connectivity index (χ1) is 29.9. The predicted molar refractivity (Wildman–Crippen MR) is 261 cm³/mol. The lowest BCUT2D eigenvalue weighted by Gasteiger charge is -2.18. The highest BCUT2D eigenvalue weighted by atomic mass is 16.6. The lowest BCUT2D eigenvalue weighted by Crippen LogP contribution is -2.30. The summed E-state index contributed by atoms with van der Waals surface area (Å²) in [4.78, 5) is 38.0. The van der Waals surface area contributed by atoms with Gasteiger partial charge in [-0.2, -0.15) is 0 Å². The van der Waals surface area contributed by atoms with Crippen LogP contribution in [0, 0.1) is 5.92 Å². The Hall–Kier alpha value is -1.59. The molecule has 6 nitrogen and oxygen atoms in total. The number of hydrogen-bond donors (Lipinski definition) is 0. The molecule has 1 atom stereocenters. The largest absolute Gasteiger partial charge is 0.462 e. The van der Waals surface area contributed by atoms with Gasteiger partial charge < -0.3 is 14.2 Å². The molecule has 0 amide bonds. The highest BCUT2D eigenvalue weighted by Gasteiger charge is 2.19. The fourth-order valence-corrected chi connectivity index (χ4v) is 8.39. The van der Waals surface area contributed by atoms with Gasteiger partial charge in [-0.1, -0.05) is 272 Å². The van der Waals surface area contributed by atoms with E-state index in [1.54, 1.807) is 0 Å². The average molecular weight is 863 g/mol. The van der Waals surface area contributed by atoms with Crippen molar-refractivity contribution in [3.05, 3.63) is 0 Å². The van der Waals surface area contributed by atoms with Crippen LogP contribution in [0.1, 0.15) is 310 Å². The van der Waals surface area contributed by atoms with Crippen LogP contribution in [-0.2, 0) is 28.6 Å². The topological polar surface area (TPSA) is 78.9 Å². The van der Waals surface area contributed by atoms with Crippen LogP contribution >= 0.6 is 0 Å². The summed E-state index contributed by atoms with van der Waals surface area (Å²) in [7, 11) is 0. The van der Waals surface area contributed by atoms with Gasteiger partial charge in [0.2, 0.25) is 0 Å². The summed E-state index contributed by atoms with van der Waals surface area (Å²) in [6, 6.07) is 0. The van der Waals surface area contributed by atoms with E-state index in [0.29, 0.717) is 19.3 Å². The standard InChI is InChI=1S/C55H106O6/c1-5-7-9-11-13-15-17-19-21-22-24-26-28-30-36-40-44-48-55(58)61-52(50-60-54(57)47-43-39-35-32-31-33-37-41-45-51(3)4)49-59-53(56)46-42-38-34-29-27-25-23-20-18-16-14-12-10-8-6-2/h51-52H,5-50H2,1-4H3/t52-/m1/s1. The quantitative estimate of drug-likeness (QED) is 0.0344. The van der Waals surface area contributed by atoms with E-state index >= 15 is 0 Å². The Labute approximate surface area is 380 Å². The van der Waals surface area contributed by atoms with Crippen LogP contribution in [0.3, 0.4) is 0 Å². The van der Waals surface area contributed by atoms with Gasteiger partial charge in [-0.3, -0.25) is 14.4 Å². The highest BCUT2D eigenvalue weighted by molar-refractivity contribution is 5.71. The summed E-state index contributed by atoms with van der Waals surface area (Å²) in [6.07, 6.45) is 52.4. The van der Waals surface area contributed by atoms with E-state index in [1.807, 2.05) is 0 Å². The molecule has 0 rings (SSSR count). The number of carbonyl (C=O) groups is 3. The Morgan fingerprint density at radius 3 is 0.803 bits per heavy atom. The molecule has 0 spiro atoms. The number of carbonyl (C=O) groups excluding carboxylic acids is 3. The molecule has 0 aromatic heterocycles. The highest BCUT2D eigenvalue weighted by Crippen LogP contribution is 2.17. The Morgan fingerprint density at radius 1 is 0.311 bits per heavy atom. The first-order valence-electron chi connectivity index (χ1n) is 27.4. The molecule has 0 N–H and O–H groups in total. The summed E-state index contributed by atoms with van der Waals surface area (Å²) < 4.78 is 16.8. The second-order valence-electron chi connectivity index (χ2n) is 19.3. The van der Waals surface area contributed by atoms with Crippen molar-refractivity contribution in [2.45, 2.75) is 316 Å². The molecule has 0 fully saturated rings. The lowest BCUT2D eigenvalue weighted by atomic mass is 10.0. The van der Waals surface area contributed by atoms with Crippen molar-refractivity contribution in [3.63, 3.8) is 0 Å². The molecule has 0 aliphatic rings.